The molecule has 124 valence electrons. The van der Waals surface area contributed by atoms with Gasteiger partial charge in [0.2, 0.25) is 0 Å². The second-order valence-electron chi connectivity index (χ2n) is 6.47. The molecule has 0 aliphatic heterocycles. The fraction of sp³-hybridized carbons (Fsp3) is 0.0435. The largest absolute Gasteiger partial charge is 0.507 e. The van der Waals surface area contributed by atoms with Crippen molar-refractivity contribution in [2.45, 2.75) is 6.42 Å². The van der Waals surface area contributed by atoms with E-state index in [0.717, 1.165) is 34.5 Å². The number of hydrogen-bond donors (Lipinski definition) is 1. The molecule has 1 N–H and O–H groups in total. The highest BCUT2D eigenvalue weighted by atomic mass is 16.3. The Labute approximate surface area is 151 Å². The van der Waals surface area contributed by atoms with Gasteiger partial charge in [0.25, 0.3) is 0 Å². The fourth-order valence-corrected chi connectivity index (χ4v) is 3.68. The standard InChI is InChI=1S/C23H16N2O/c26-22-8-4-3-7-18(22)19-14-21(15-9-11-24-12-10-15)25-23-17-6-2-1-5-16(17)13-20(19)23/h1-12,14,26H,13H2. The van der Waals surface area contributed by atoms with Crippen LogP contribution < -0.4 is 0 Å². The van der Waals surface area contributed by atoms with E-state index in [2.05, 4.69) is 29.2 Å². The summed E-state index contributed by atoms with van der Waals surface area (Å²) in [6.07, 6.45) is 4.38. The molecule has 0 bridgehead atoms. The molecule has 0 atom stereocenters. The molecule has 0 radical (unpaired) electrons. The molecule has 0 spiro atoms. The summed E-state index contributed by atoms with van der Waals surface area (Å²) in [6.45, 7) is 0. The number of hydrogen-bond acceptors (Lipinski definition) is 3. The number of phenols is 1. The van der Waals surface area contributed by atoms with Crippen molar-refractivity contribution < 1.29 is 5.11 Å². The van der Waals surface area contributed by atoms with Gasteiger partial charge in [-0.2, -0.15) is 0 Å². The average Bonchev–Trinajstić information content (AvgIpc) is 3.07. The number of para-hydroxylation sites is 1. The Kier molecular flexibility index (Phi) is 3.32. The van der Waals surface area contributed by atoms with Gasteiger partial charge in [0.1, 0.15) is 5.75 Å². The van der Waals surface area contributed by atoms with E-state index in [1.165, 1.54) is 16.7 Å². The van der Waals surface area contributed by atoms with Crippen molar-refractivity contribution in [3.8, 4) is 39.4 Å². The van der Waals surface area contributed by atoms with E-state index in [-0.39, 0.29) is 5.75 Å². The minimum Gasteiger partial charge on any atom is -0.507 e. The highest BCUT2D eigenvalue weighted by Crippen LogP contribution is 2.43. The highest BCUT2D eigenvalue weighted by molar-refractivity contribution is 5.87. The minimum atomic E-state index is 0.289. The number of rotatable bonds is 2. The lowest BCUT2D eigenvalue weighted by molar-refractivity contribution is 0.477. The van der Waals surface area contributed by atoms with Crippen LogP contribution in [0.5, 0.6) is 5.75 Å². The molecule has 5 rings (SSSR count). The van der Waals surface area contributed by atoms with Crippen molar-refractivity contribution in [2.75, 3.05) is 0 Å². The molecule has 26 heavy (non-hydrogen) atoms. The third-order valence-corrected chi connectivity index (χ3v) is 4.93. The SMILES string of the molecule is Oc1ccccc1-c1cc(-c2ccncc2)nc2c1Cc1ccccc1-2. The van der Waals surface area contributed by atoms with Crippen LogP contribution in [0.15, 0.2) is 79.1 Å². The number of benzene rings is 2. The van der Waals surface area contributed by atoms with Gasteiger partial charge in [-0.1, -0.05) is 42.5 Å². The molecule has 2 aromatic carbocycles. The van der Waals surface area contributed by atoms with E-state index in [0.29, 0.717) is 0 Å². The number of fused-ring (bicyclic) bond motifs is 3. The van der Waals surface area contributed by atoms with Gasteiger partial charge < -0.3 is 5.11 Å². The predicted molar refractivity (Wildman–Crippen MR) is 103 cm³/mol. The summed E-state index contributed by atoms with van der Waals surface area (Å²) < 4.78 is 0. The van der Waals surface area contributed by atoms with Gasteiger partial charge in [-0.05, 0) is 41.0 Å². The third kappa shape index (κ3) is 2.29. The zero-order chi connectivity index (χ0) is 17.5. The second kappa shape index (κ2) is 5.81. The van der Waals surface area contributed by atoms with Crippen molar-refractivity contribution in [3.05, 3.63) is 90.3 Å². The fourth-order valence-electron chi connectivity index (χ4n) is 3.68. The maximum absolute atomic E-state index is 10.4. The van der Waals surface area contributed by atoms with E-state index in [9.17, 15) is 5.11 Å². The lowest BCUT2D eigenvalue weighted by Gasteiger charge is -2.13. The number of nitrogens with zero attached hydrogens (tertiary/aromatic N) is 2. The molecule has 3 heteroatoms. The van der Waals surface area contributed by atoms with Crippen LogP contribution in [0.2, 0.25) is 0 Å². The molecule has 2 heterocycles. The van der Waals surface area contributed by atoms with Crippen LogP contribution in [-0.4, -0.2) is 15.1 Å². The molecular weight excluding hydrogens is 320 g/mol. The molecule has 0 saturated heterocycles. The maximum Gasteiger partial charge on any atom is 0.123 e. The van der Waals surface area contributed by atoms with Crippen LogP contribution in [0.1, 0.15) is 11.1 Å². The van der Waals surface area contributed by atoms with E-state index >= 15 is 0 Å². The van der Waals surface area contributed by atoms with Gasteiger partial charge in [-0.3, -0.25) is 4.98 Å². The molecule has 0 fully saturated rings. The molecular formula is C23H16N2O. The summed E-state index contributed by atoms with van der Waals surface area (Å²) in [5.41, 5.74) is 8.42. The normalized spacial score (nSPS) is 11.8. The Morgan fingerprint density at radius 3 is 2.31 bits per heavy atom. The van der Waals surface area contributed by atoms with Crippen LogP contribution in [-0.2, 0) is 6.42 Å². The van der Waals surface area contributed by atoms with Gasteiger partial charge in [-0.15, -0.1) is 0 Å². The topological polar surface area (TPSA) is 46.0 Å². The zero-order valence-corrected chi connectivity index (χ0v) is 14.1. The van der Waals surface area contributed by atoms with E-state index in [4.69, 9.17) is 4.98 Å². The molecule has 3 nitrogen and oxygen atoms in total. The number of phenolic OH excluding ortho intramolecular Hbond substituents is 1. The van der Waals surface area contributed by atoms with Gasteiger partial charge in [0.05, 0.1) is 11.4 Å². The summed E-state index contributed by atoms with van der Waals surface area (Å²) in [6, 6.07) is 21.9. The molecule has 0 amide bonds. The van der Waals surface area contributed by atoms with E-state index in [1.807, 2.05) is 36.4 Å². The van der Waals surface area contributed by atoms with Crippen molar-refractivity contribution >= 4 is 0 Å². The van der Waals surface area contributed by atoms with Gasteiger partial charge in [0.15, 0.2) is 0 Å². The molecule has 1 aliphatic carbocycles. The minimum absolute atomic E-state index is 0.289. The first-order valence-electron chi connectivity index (χ1n) is 8.62. The smallest absolute Gasteiger partial charge is 0.123 e. The molecule has 0 saturated carbocycles. The molecule has 0 unspecified atom stereocenters. The Hall–Kier alpha value is -3.46. The first kappa shape index (κ1) is 14.8. The summed E-state index contributed by atoms with van der Waals surface area (Å²) in [4.78, 5) is 9.08. The zero-order valence-electron chi connectivity index (χ0n) is 14.1. The lowest BCUT2D eigenvalue weighted by Crippen LogP contribution is -1.95. The first-order valence-corrected chi connectivity index (χ1v) is 8.62. The van der Waals surface area contributed by atoms with Crippen molar-refractivity contribution in [2.24, 2.45) is 0 Å². The highest BCUT2D eigenvalue weighted by Gasteiger charge is 2.25. The number of pyridine rings is 2. The monoisotopic (exact) mass is 336 g/mol. The van der Waals surface area contributed by atoms with Crippen molar-refractivity contribution in [1.29, 1.82) is 0 Å². The van der Waals surface area contributed by atoms with Gasteiger partial charge in [0, 0.05) is 35.5 Å². The van der Waals surface area contributed by atoms with Crippen LogP contribution in [0.4, 0.5) is 0 Å². The van der Waals surface area contributed by atoms with Crippen LogP contribution >= 0.6 is 0 Å². The Morgan fingerprint density at radius 1 is 0.769 bits per heavy atom. The summed E-state index contributed by atoms with van der Waals surface area (Å²) in [5, 5.41) is 10.4. The second-order valence-corrected chi connectivity index (χ2v) is 6.47. The Balaban J connectivity index is 1.82. The number of aromatic hydroxyl groups is 1. The van der Waals surface area contributed by atoms with Crippen LogP contribution in [0, 0.1) is 0 Å². The average molecular weight is 336 g/mol. The Morgan fingerprint density at radius 2 is 1.50 bits per heavy atom. The van der Waals surface area contributed by atoms with Crippen molar-refractivity contribution in [1.82, 2.24) is 9.97 Å². The van der Waals surface area contributed by atoms with Gasteiger partial charge >= 0.3 is 0 Å². The summed E-state index contributed by atoms with van der Waals surface area (Å²) >= 11 is 0. The van der Waals surface area contributed by atoms with E-state index < -0.39 is 0 Å². The number of aromatic nitrogens is 2. The molecule has 1 aliphatic rings. The predicted octanol–water partition coefficient (Wildman–Crippen LogP) is 5.09. The maximum atomic E-state index is 10.4. The quantitative estimate of drug-likeness (QED) is 0.488. The van der Waals surface area contributed by atoms with E-state index in [1.54, 1.807) is 18.5 Å². The Bertz CT molecular complexity index is 1120. The van der Waals surface area contributed by atoms with Crippen molar-refractivity contribution in [3.63, 3.8) is 0 Å². The molecule has 2 aromatic heterocycles. The third-order valence-electron chi connectivity index (χ3n) is 4.93. The first-order chi connectivity index (χ1) is 12.8. The van der Waals surface area contributed by atoms with Crippen LogP contribution in [0.25, 0.3) is 33.6 Å². The van der Waals surface area contributed by atoms with Gasteiger partial charge in [-0.25, -0.2) is 4.98 Å². The van der Waals surface area contributed by atoms with Crippen LogP contribution in [0.3, 0.4) is 0 Å². The lowest BCUT2D eigenvalue weighted by atomic mass is 9.96. The summed E-state index contributed by atoms with van der Waals surface area (Å²) in [5.74, 6) is 0.289. The molecule has 4 aromatic rings. The summed E-state index contributed by atoms with van der Waals surface area (Å²) in [7, 11) is 0.